The van der Waals surface area contributed by atoms with Crippen molar-refractivity contribution >= 4 is 18.0 Å². The highest BCUT2D eigenvalue weighted by molar-refractivity contribution is 5.81. The molecule has 2 aromatic rings. The summed E-state index contributed by atoms with van der Waals surface area (Å²) in [6, 6.07) is 15.8. The number of carbonyl (C=O) groups excluding carboxylic acids is 2. The number of piperidine rings is 1. The lowest BCUT2D eigenvalue weighted by Crippen LogP contribution is -2.51. The van der Waals surface area contributed by atoms with E-state index in [9.17, 15) is 19.5 Å². The molecular formula is C26H30N2O6. The number of alkyl carbamates (subject to hydrolysis) is 1. The molecule has 1 saturated heterocycles. The standard InChI is InChI=1S/C26H30N2O6/c1-2-17(15-23(29)28-13-11-26(33,12-14-28)24(30)31)27-25(32)34-16-22-20-9-5-3-7-18(20)19-8-4-6-10-21(19)22/h3-10,17,22,33H,2,11-16H2,1H3,(H,27,32)(H,30,31). The van der Waals surface area contributed by atoms with E-state index in [1.165, 1.54) is 0 Å². The van der Waals surface area contributed by atoms with E-state index in [1.807, 2.05) is 31.2 Å². The van der Waals surface area contributed by atoms with Crippen LogP contribution in [0.5, 0.6) is 0 Å². The molecule has 0 aromatic heterocycles. The van der Waals surface area contributed by atoms with Crippen molar-refractivity contribution in [3.63, 3.8) is 0 Å². The van der Waals surface area contributed by atoms with E-state index in [2.05, 4.69) is 29.6 Å². The highest BCUT2D eigenvalue weighted by Crippen LogP contribution is 2.44. The van der Waals surface area contributed by atoms with Gasteiger partial charge in [-0.05, 0) is 28.7 Å². The Hall–Kier alpha value is -3.39. The van der Waals surface area contributed by atoms with Crippen LogP contribution in [0.15, 0.2) is 48.5 Å². The number of ether oxygens (including phenoxy) is 1. The largest absolute Gasteiger partial charge is 0.479 e. The molecule has 1 aliphatic carbocycles. The number of amides is 2. The summed E-state index contributed by atoms with van der Waals surface area (Å²) >= 11 is 0. The Kier molecular flexibility index (Phi) is 6.88. The second kappa shape index (κ2) is 9.85. The van der Waals surface area contributed by atoms with Gasteiger partial charge in [-0.3, -0.25) is 4.79 Å². The summed E-state index contributed by atoms with van der Waals surface area (Å²) in [6.07, 6.45) is 0.0464. The molecule has 8 heteroatoms. The number of hydrogen-bond acceptors (Lipinski definition) is 5. The first-order chi connectivity index (χ1) is 16.3. The van der Waals surface area contributed by atoms with Crippen molar-refractivity contribution in [2.45, 2.75) is 50.2 Å². The van der Waals surface area contributed by atoms with Crippen molar-refractivity contribution in [2.24, 2.45) is 0 Å². The van der Waals surface area contributed by atoms with Gasteiger partial charge in [0.1, 0.15) is 6.61 Å². The van der Waals surface area contributed by atoms with Gasteiger partial charge in [0, 0.05) is 44.3 Å². The van der Waals surface area contributed by atoms with Gasteiger partial charge in [0.25, 0.3) is 0 Å². The molecule has 0 spiro atoms. The summed E-state index contributed by atoms with van der Waals surface area (Å²) in [7, 11) is 0. The van der Waals surface area contributed by atoms with Crippen LogP contribution >= 0.6 is 0 Å². The number of likely N-dealkylation sites (tertiary alicyclic amines) is 1. The molecular weight excluding hydrogens is 436 g/mol. The van der Waals surface area contributed by atoms with Crippen LogP contribution < -0.4 is 5.32 Å². The summed E-state index contributed by atoms with van der Waals surface area (Å²) in [5.74, 6) is -1.48. The van der Waals surface area contributed by atoms with E-state index in [-0.39, 0.29) is 50.8 Å². The lowest BCUT2D eigenvalue weighted by Gasteiger charge is -2.35. The first-order valence-electron chi connectivity index (χ1n) is 11.7. The predicted molar refractivity (Wildman–Crippen MR) is 125 cm³/mol. The maximum absolute atomic E-state index is 12.7. The SMILES string of the molecule is CCC(CC(=O)N1CCC(O)(C(=O)O)CC1)NC(=O)OCC1c2ccccc2-c2ccccc21. The smallest absolute Gasteiger partial charge is 0.407 e. The average molecular weight is 467 g/mol. The minimum absolute atomic E-state index is 0.00925. The second-order valence-electron chi connectivity index (χ2n) is 9.00. The zero-order valence-corrected chi connectivity index (χ0v) is 19.2. The molecule has 34 heavy (non-hydrogen) atoms. The molecule has 1 atom stereocenters. The van der Waals surface area contributed by atoms with E-state index >= 15 is 0 Å². The van der Waals surface area contributed by atoms with Gasteiger partial charge < -0.3 is 25.2 Å². The van der Waals surface area contributed by atoms with Crippen molar-refractivity contribution in [1.82, 2.24) is 10.2 Å². The summed E-state index contributed by atoms with van der Waals surface area (Å²) in [6.45, 7) is 2.41. The van der Waals surface area contributed by atoms with Gasteiger partial charge in [-0.2, -0.15) is 0 Å². The van der Waals surface area contributed by atoms with Crippen molar-refractivity contribution in [3.8, 4) is 11.1 Å². The molecule has 8 nitrogen and oxygen atoms in total. The number of rotatable bonds is 7. The fraction of sp³-hybridized carbons (Fsp3) is 0.423. The molecule has 1 aliphatic heterocycles. The number of nitrogens with zero attached hydrogens (tertiary/aromatic N) is 1. The monoisotopic (exact) mass is 466 g/mol. The van der Waals surface area contributed by atoms with Crippen LogP contribution in [-0.2, 0) is 14.3 Å². The first kappa shape index (κ1) is 23.8. The van der Waals surface area contributed by atoms with E-state index in [0.717, 1.165) is 22.3 Å². The van der Waals surface area contributed by atoms with Gasteiger partial charge in [0.2, 0.25) is 5.91 Å². The second-order valence-corrected chi connectivity index (χ2v) is 9.00. The van der Waals surface area contributed by atoms with Gasteiger partial charge in [-0.25, -0.2) is 9.59 Å². The van der Waals surface area contributed by atoms with Crippen LogP contribution in [0, 0.1) is 0 Å². The Balaban J connectivity index is 1.31. The first-order valence-corrected chi connectivity index (χ1v) is 11.7. The number of carboxylic acids is 1. The maximum Gasteiger partial charge on any atom is 0.407 e. The molecule has 3 N–H and O–H groups in total. The van der Waals surface area contributed by atoms with Crippen molar-refractivity contribution in [3.05, 3.63) is 59.7 Å². The zero-order valence-electron chi connectivity index (χ0n) is 19.2. The molecule has 2 amide bonds. The molecule has 1 fully saturated rings. The predicted octanol–water partition coefficient (Wildman–Crippen LogP) is 3.13. The number of benzene rings is 2. The number of nitrogens with one attached hydrogen (secondary N) is 1. The number of aliphatic carboxylic acids is 1. The summed E-state index contributed by atoms with van der Waals surface area (Å²) in [5.41, 5.74) is 2.79. The average Bonchev–Trinajstić information content (AvgIpc) is 3.16. The number of carboxylic acid groups (broad SMARTS) is 1. The Morgan fingerprint density at radius 3 is 2.15 bits per heavy atom. The molecule has 1 unspecified atom stereocenters. The van der Waals surface area contributed by atoms with Gasteiger partial charge in [-0.1, -0.05) is 55.5 Å². The van der Waals surface area contributed by atoms with Crippen LogP contribution in [0.2, 0.25) is 0 Å². The van der Waals surface area contributed by atoms with Crippen LogP contribution in [0.1, 0.15) is 49.7 Å². The number of carbonyl (C=O) groups is 3. The van der Waals surface area contributed by atoms with Crippen LogP contribution in [0.4, 0.5) is 4.79 Å². The van der Waals surface area contributed by atoms with E-state index in [1.54, 1.807) is 4.90 Å². The summed E-state index contributed by atoms with van der Waals surface area (Å²) in [4.78, 5) is 37.9. The van der Waals surface area contributed by atoms with E-state index in [0.29, 0.717) is 6.42 Å². The normalized spacial score (nSPS) is 17.4. The van der Waals surface area contributed by atoms with Crippen LogP contribution in [-0.4, -0.2) is 64.4 Å². The quantitative estimate of drug-likeness (QED) is 0.577. The molecule has 2 aromatic carbocycles. The molecule has 2 aliphatic rings. The van der Waals surface area contributed by atoms with Gasteiger partial charge in [0.15, 0.2) is 5.60 Å². The van der Waals surface area contributed by atoms with Crippen molar-refractivity contribution in [2.75, 3.05) is 19.7 Å². The Morgan fingerprint density at radius 2 is 1.62 bits per heavy atom. The van der Waals surface area contributed by atoms with Crippen LogP contribution in [0.25, 0.3) is 11.1 Å². The summed E-state index contributed by atoms with van der Waals surface area (Å²) in [5, 5.41) is 22.0. The van der Waals surface area contributed by atoms with Crippen molar-refractivity contribution in [1.29, 1.82) is 0 Å². The lowest BCUT2D eigenvalue weighted by molar-refractivity contribution is -0.165. The fourth-order valence-corrected chi connectivity index (χ4v) is 4.78. The fourth-order valence-electron chi connectivity index (χ4n) is 4.78. The Bertz CT molecular complexity index is 1030. The van der Waals surface area contributed by atoms with E-state index < -0.39 is 23.7 Å². The third kappa shape index (κ3) is 4.77. The highest BCUT2D eigenvalue weighted by atomic mass is 16.5. The highest BCUT2D eigenvalue weighted by Gasteiger charge is 2.40. The third-order valence-corrected chi connectivity index (χ3v) is 6.92. The lowest BCUT2D eigenvalue weighted by atomic mass is 9.91. The molecule has 180 valence electrons. The molecule has 0 radical (unpaired) electrons. The van der Waals surface area contributed by atoms with Crippen LogP contribution in [0.3, 0.4) is 0 Å². The third-order valence-electron chi connectivity index (χ3n) is 6.92. The Labute approximate surface area is 198 Å². The number of hydrogen-bond donors (Lipinski definition) is 3. The number of aliphatic hydroxyl groups is 1. The van der Waals surface area contributed by atoms with Gasteiger partial charge in [0.05, 0.1) is 0 Å². The molecule has 0 saturated carbocycles. The molecule has 1 heterocycles. The number of fused-ring (bicyclic) bond motifs is 3. The minimum Gasteiger partial charge on any atom is -0.479 e. The minimum atomic E-state index is -1.78. The van der Waals surface area contributed by atoms with E-state index in [4.69, 9.17) is 9.84 Å². The summed E-state index contributed by atoms with van der Waals surface area (Å²) < 4.78 is 5.58. The molecule has 0 bridgehead atoms. The topological polar surface area (TPSA) is 116 Å². The van der Waals surface area contributed by atoms with Gasteiger partial charge in [-0.15, -0.1) is 0 Å². The van der Waals surface area contributed by atoms with Gasteiger partial charge >= 0.3 is 12.1 Å². The van der Waals surface area contributed by atoms with Crippen molar-refractivity contribution < 1.29 is 29.3 Å². The zero-order chi connectivity index (χ0) is 24.3. The Morgan fingerprint density at radius 1 is 1.06 bits per heavy atom. The molecule has 4 rings (SSSR count). The maximum atomic E-state index is 12.7.